The highest BCUT2D eigenvalue weighted by molar-refractivity contribution is 7.09. The quantitative estimate of drug-likeness (QED) is 0.746. The third kappa shape index (κ3) is 4.39. The smallest absolute Gasteiger partial charge is 0.0703 e. The highest BCUT2D eigenvalue weighted by atomic mass is 32.1. The van der Waals surface area contributed by atoms with Crippen LogP contribution in [0.15, 0.2) is 17.5 Å². The number of nitrogens with zero attached hydrogens (tertiary/aromatic N) is 1. The van der Waals surface area contributed by atoms with Gasteiger partial charge in [0.25, 0.3) is 0 Å². The number of rotatable bonds is 7. The number of thiophene rings is 1. The lowest BCUT2D eigenvalue weighted by Gasteiger charge is -2.24. The summed E-state index contributed by atoms with van der Waals surface area (Å²) in [7, 11) is 1.76. The van der Waals surface area contributed by atoms with Gasteiger partial charge in [-0.05, 0) is 24.3 Å². The lowest BCUT2D eigenvalue weighted by atomic mass is 10.2. The van der Waals surface area contributed by atoms with Gasteiger partial charge in [0.05, 0.1) is 12.7 Å². The standard InChI is InChI=1S/C13H21NO2S/c1-15-8-6-14(10-12-4-2-7-16-12)11-13-5-3-9-17-13/h3,5,9,12H,2,4,6-8,10-11H2,1H3/t12-/m0/s1. The molecule has 1 aromatic heterocycles. The molecule has 4 heteroatoms. The van der Waals surface area contributed by atoms with E-state index in [4.69, 9.17) is 9.47 Å². The van der Waals surface area contributed by atoms with Crippen molar-refractivity contribution in [2.75, 3.05) is 33.4 Å². The second-order valence-electron chi connectivity index (χ2n) is 4.44. The molecule has 1 fully saturated rings. The molecule has 2 rings (SSSR count). The van der Waals surface area contributed by atoms with Gasteiger partial charge in [-0.25, -0.2) is 0 Å². The highest BCUT2D eigenvalue weighted by Gasteiger charge is 2.19. The summed E-state index contributed by atoms with van der Waals surface area (Å²) >= 11 is 1.82. The molecule has 1 atom stereocenters. The minimum atomic E-state index is 0.423. The molecule has 1 aromatic rings. The minimum Gasteiger partial charge on any atom is -0.383 e. The Morgan fingerprint density at radius 2 is 2.53 bits per heavy atom. The van der Waals surface area contributed by atoms with Crippen molar-refractivity contribution in [1.82, 2.24) is 4.90 Å². The van der Waals surface area contributed by atoms with E-state index < -0.39 is 0 Å². The molecule has 96 valence electrons. The van der Waals surface area contributed by atoms with Crippen molar-refractivity contribution < 1.29 is 9.47 Å². The molecule has 0 radical (unpaired) electrons. The van der Waals surface area contributed by atoms with E-state index in [9.17, 15) is 0 Å². The maximum absolute atomic E-state index is 5.70. The van der Waals surface area contributed by atoms with E-state index >= 15 is 0 Å². The van der Waals surface area contributed by atoms with Gasteiger partial charge >= 0.3 is 0 Å². The highest BCUT2D eigenvalue weighted by Crippen LogP contribution is 2.16. The first-order chi connectivity index (χ1) is 8.38. The Morgan fingerprint density at radius 3 is 3.18 bits per heavy atom. The summed E-state index contributed by atoms with van der Waals surface area (Å²) in [6, 6.07) is 4.31. The van der Waals surface area contributed by atoms with Crippen molar-refractivity contribution >= 4 is 11.3 Å². The average Bonchev–Trinajstić information content (AvgIpc) is 2.99. The zero-order chi connectivity index (χ0) is 11.9. The van der Waals surface area contributed by atoms with Gasteiger partial charge < -0.3 is 9.47 Å². The third-order valence-electron chi connectivity index (χ3n) is 3.06. The lowest BCUT2D eigenvalue weighted by molar-refractivity contribution is 0.0592. The van der Waals surface area contributed by atoms with Crippen molar-refractivity contribution in [1.29, 1.82) is 0 Å². The Balaban J connectivity index is 1.83. The first-order valence-corrected chi connectivity index (χ1v) is 7.11. The third-order valence-corrected chi connectivity index (χ3v) is 3.92. The Labute approximate surface area is 107 Å². The zero-order valence-electron chi connectivity index (χ0n) is 10.4. The number of ether oxygens (including phenoxy) is 2. The first kappa shape index (κ1) is 13.0. The minimum absolute atomic E-state index is 0.423. The van der Waals surface area contributed by atoms with Gasteiger partial charge in [0.15, 0.2) is 0 Å². The van der Waals surface area contributed by atoms with Gasteiger partial charge in [0, 0.05) is 38.2 Å². The summed E-state index contributed by atoms with van der Waals surface area (Å²) in [4.78, 5) is 3.85. The van der Waals surface area contributed by atoms with E-state index in [0.29, 0.717) is 6.10 Å². The summed E-state index contributed by atoms with van der Waals surface area (Å²) < 4.78 is 10.9. The average molecular weight is 255 g/mol. The molecular weight excluding hydrogens is 234 g/mol. The molecule has 1 aliphatic rings. The Hall–Kier alpha value is -0.420. The van der Waals surface area contributed by atoms with Gasteiger partial charge in [0.1, 0.15) is 0 Å². The first-order valence-electron chi connectivity index (χ1n) is 6.24. The topological polar surface area (TPSA) is 21.7 Å². The summed E-state index contributed by atoms with van der Waals surface area (Å²) in [6.45, 7) is 4.75. The van der Waals surface area contributed by atoms with E-state index in [2.05, 4.69) is 22.4 Å². The lowest BCUT2D eigenvalue weighted by Crippen LogP contribution is -2.34. The van der Waals surface area contributed by atoms with Gasteiger partial charge in [-0.1, -0.05) is 6.07 Å². The van der Waals surface area contributed by atoms with Crippen molar-refractivity contribution in [2.24, 2.45) is 0 Å². The van der Waals surface area contributed by atoms with Crippen LogP contribution in [0.1, 0.15) is 17.7 Å². The van der Waals surface area contributed by atoms with Crippen molar-refractivity contribution in [3.05, 3.63) is 22.4 Å². The Bertz CT molecular complexity index is 296. The van der Waals surface area contributed by atoms with Gasteiger partial charge in [0.2, 0.25) is 0 Å². The molecule has 0 aromatic carbocycles. The van der Waals surface area contributed by atoms with E-state index in [1.165, 1.54) is 17.7 Å². The van der Waals surface area contributed by atoms with Crippen LogP contribution < -0.4 is 0 Å². The molecule has 0 aliphatic carbocycles. The SMILES string of the molecule is COCCN(Cc1cccs1)C[C@@H]1CCCO1. The van der Waals surface area contributed by atoms with E-state index in [1.54, 1.807) is 7.11 Å². The van der Waals surface area contributed by atoms with E-state index in [1.807, 2.05) is 11.3 Å². The van der Waals surface area contributed by atoms with Crippen molar-refractivity contribution in [3.8, 4) is 0 Å². The maximum atomic E-state index is 5.70. The summed E-state index contributed by atoms with van der Waals surface area (Å²) in [5.41, 5.74) is 0. The van der Waals surface area contributed by atoms with Crippen LogP contribution in [-0.2, 0) is 16.0 Å². The molecule has 0 bridgehead atoms. The Kier molecular flexibility index (Phi) is 5.45. The summed E-state index contributed by atoms with van der Waals surface area (Å²) in [5.74, 6) is 0. The van der Waals surface area contributed by atoms with Crippen LogP contribution in [-0.4, -0.2) is 44.4 Å². The normalized spacial score (nSPS) is 20.2. The molecule has 1 saturated heterocycles. The molecule has 1 aliphatic heterocycles. The van der Waals surface area contributed by atoms with E-state index in [0.717, 1.165) is 32.8 Å². The van der Waals surface area contributed by atoms with Crippen LogP contribution >= 0.6 is 11.3 Å². The fourth-order valence-electron chi connectivity index (χ4n) is 2.15. The zero-order valence-corrected chi connectivity index (χ0v) is 11.2. The van der Waals surface area contributed by atoms with E-state index in [-0.39, 0.29) is 0 Å². The Morgan fingerprint density at radius 1 is 1.59 bits per heavy atom. The molecule has 0 unspecified atom stereocenters. The summed E-state index contributed by atoms with van der Waals surface area (Å²) in [5, 5.41) is 2.13. The molecule has 0 saturated carbocycles. The number of methoxy groups -OCH3 is 1. The van der Waals surface area contributed by atoms with Crippen LogP contribution in [0.2, 0.25) is 0 Å². The van der Waals surface area contributed by atoms with Crippen molar-refractivity contribution in [3.63, 3.8) is 0 Å². The molecule has 17 heavy (non-hydrogen) atoms. The molecule has 0 N–H and O–H groups in total. The molecule has 0 amide bonds. The molecule has 2 heterocycles. The van der Waals surface area contributed by atoms with Gasteiger partial charge in [-0.3, -0.25) is 4.90 Å². The predicted octanol–water partition coefficient (Wildman–Crippen LogP) is 2.38. The van der Waals surface area contributed by atoms with Crippen LogP contribution in [0, 0.1) is 0 Å². The van der Waals surface area contributed by atoms with Crippen LogP contribution in [0.25, 0.3) is 0 Å². The predicted molar refractivity (Wildman–Crippen MR) is 70.4 cm³/mol. The summed E-state index contributed by atoms with van der Waals surface area (Å²) in [6.07, 6.45) is 2.84. The van der Waals surface area contributed by atoms with Crippen LogP contribution in [0.5, 0.6) is 0 Å². The fourth-order valence-corrected chi connectivity index (χ4v) is 2.90. The van der Waals surface area contributed by atoms with Crippen LogP contribution in [0.3, 0.4) is 0 Å². The van der Waals surface area contributed by atoms with Crippen molar-refractivity contribution in [2.45, 2.75) is 25.5 Å². The second-order valence-corrected chi connectivity index (χ2v) is 5.47. The second kappa shape index (κ2) is 7.11. The number of hydrogen-bond acceptors (Lipinski definition) is 4. The largest absolute Gasteiger partial charge is 0.383 e. The monoisotopic (exact) mass is 255 g/mol. The fraction of sp³-hybridized carbons (Fsp3) is 0.692. The maximum Gasteiger partial charge on any atom is 0.0703 e. The molecule has 3 nitrogen and oxygen atoms in total. The molecule has 0 spiro atoms. The van der Waals surface area contributed by atoms with Gasteiger partial charge in [-0.2, -0.15) is 0 Å². The molecular formula is C13H21NO2S. The van der Waals surface area contributed by atoms with Gasteiger partial charge in [-0.15, -0.1) is 11.3 Å². The number of hydrogen-bond donors (Lipinski definition) is 0. The van der Waals surface area contributed by atoms with Crippen LogP contribution in [0.4, 0.5) is 0 Å².